The van der Waals surface area contributed by atoms with E-state index in [-0.39, 0.29) is 18.1 Å². The molecular formula is C18H21N7O. The number of hydrogen-bond donors (Lipinski definition) is 3. The summed E-state index contributed by atoms with van der Waals surface area (Å²) in [7, 11) is 0. The molecule has 0 bridgehead atoms. The maximum atomic E-state index is 9.17. The third-order valence-electron chi connectivity index (χ3n) is 4.24. The van der Waals surface area contributed by atoms with Crippen LogP contribution in [0, 0.1) is 13.5 Å². The van der Waals surface area contributed by atoms with Gasteiger partial charge in [-0.1, -0.05) is 13.0 Å². The van der Waals surface area contributed by atoms with Gasteiger partial charge in [-0.3, -0.25) is 4.98 Å². The van der Waals surface area contributed by atoms with Crippen LogP contribution in [0.5, 0.6) is 0 Å². The van der Waals surface area contributed by atoms with Crippen LogP contribution in [0.1, 0.15) is 29.6 Å². The Morgan fingerprint density at radius 2 is 2.08 bits per heavy atom. The van der Waals surface area contributed by atoms with Crippen molar-refractivity contribution in [3.63, 3.8) is 0 Å². The molecule has 0 fully saturated rings. The summed E-state index contributed by atoms with van der Waals surface area (Å²) in [5.74, 6) is 0.744. The van der Waals surface area contributed by atoms with Gasteiger partial charge in [-0.15, -0.1) is 0 Å². The van der Waals surface area contributed by atoms with E-state index in [1.54, 1.807) is 10.6 Å². The topological polar surface area (TPSA) is 106 Å². The molecule has 0 radical (unpaired) electrons. The van der Waals surface area contributed by atoms with Gasteiger partial charge in [0.1, 0.15) is 11.6 Å². The Morgan fingerprint density at radius 1 is 1.31 bits per heavy atom. The minimum Gasteiger partial charge on any atom is -0.392 e. The fourth-order valence-corrected chi connectivity index (χ4v) is 2.92. The Kier molecular flexibility index (Phi) is 5.00. The number of nitrogen functional groups attached to an aromatic ring is 1. The lowest BCUT2D eigenvalue weighted by Gasteiger charge is -2.11. The molecule has 134 valence electrons. The molecule has 3 aromatic rings. The van der Waals surface area contributed by atoms with Crippen molar-refractivity contribution in [3.05, 3.63) is 52.3 Å². The highest BCUT2D eigenvalue weighted by molar-refractivity contribution is 5.80. The van der Waals surface area contributed by atoms with Crippen LogP contribution in [-0.4, -0.2) is 31.2 Å². The number of pyridine rings is 1. The van der Waals surface area contributed by atoms with Crippen LogP contribution in [0.25, 0.3) is 10.5 Å². The number of aliphatic hydroxyl groups excluding tert-OH is 1. The number of nitrogens with zero attached hydrogens (tertiary/aromatic N) is 5. The molecule has 0 aromatic carbocycles. The molecule has 8 heteroatoms. The summed E-state index contributed by atoms with van der Waals surface area (Å²) in [5.41, 5.74) is 10.5. The molecule has 0 spiro atoms. The van der Waals surface area contributed by atoms with E-state index < -0.39 is 0 Å². The zero-order chi connectivity index (χ0) is 18.7. The van der Waals surface area contributed by atoms with E-state index in [4.69, 9.17) is 12.3 Å². The average Bonchev–Trinajstić information content (AvgIpc) is 2.97. The van der Waals surface area contributed by atoms with Crippen molar-refractivity contribution in [2.75, 3.05) is 17.6 Å². The third kappa shape index (κ3) is 3.17. The lowest BCUT2D eigenvalue weighted by molar-refractivity contribution is 0.276. The van der Waals surface area contributed by atoms with Gasteiger partial charge in [0.15, 0.2) is 5.65 Å². The number of aliphatic hydroxyl groups is 1. The highest BCUT2D eigenvalue weighted by atomic mass is 16.3. The van der Waals surface area contributed by atoms with Gasteiger partial charge >= 0.3 is 0 Å². The fourth-order valence-electron chi connectivity index (χ4n) is 2.92. The van der Waals surface area contributed by atoms with Crippen molar-refractivity contribution in [1.82, 2.24) is 19.6 Å². The van der Waals surface area contributed by atoms with Crippen LogP contribution >= 0.6 is 0 Å². The van der Waals surface area contributed by atoms with Gasteiger partial charge < -0.3 is 16.2 Å². The first-order valence-corrected chi connectivity index (χ1v) is 8.43. The molecule has 0 amide bonds. The molecule has 0 saturated heterocycles. The lowest BCUT2D eigenvalue weighted by atomic mass is 10.2. The summed E-state index contributed by atoms with van der Waals surface area (Å²) in [6, 6.07) is 5.54. The van der Waals surface area contributed by atoms with E-state index >= 15 is 0 Å². The van der Waals surface area contributed by atoms with Crippen LogP contribution in [0.3, 0.4) is 0 Å². The third-order valence-corrected chi connectivity index (χ3v) is 4.24. The van der Waals surface area contributed by atoms with E-state index in [2.05, 4.69) is 25.2 Å². The highest BCUT2D eigenvalue weighted by Gasteiger charge is 2.18. The van der Waals surface area contributed by atoms with E-state index in [1.165, 1.54) is 0 Å². The lowest BCUT2D eigenvalue weighted by Crippen LogP contribution is -2.11. The zero-order valence-corrected chi connectivity index (χ0v) is 14.8. The Balaban J connectivity index is 1.88. The Hall–Kier alpha value is -3.18. The monoisotopic (exact) mass is 351 g/mol. The molecule has 3 aromatic heterocycles. The summed E-state index contributed by atoms with van der Waals surface area (Å²) in [6.45, 7) is 11.9. The van der Waals surface area contributed by atoms with Crippen LogP contribution < -0.4 is 11.1 Å². The highest BCUT2D eigenvalue weighted by Crippen LogP contribution is 2.32. The summed E-state index contributed by atoms with van der Waals surface area (Å²) in [5, 5.41) is 16.8. The average molecular weight is 351 g/mol. The van der Waals surface area contributed by atoms with Crippen LogP contribution in [0.4, 0.5) is 17.3 Å². The van der Waals surface area contributed by atoms with E-state index in [1.807, 2.05) is 26.0 Å². The number of aryl methyl sites for hydroxylation is 2. The molecule has 0 aliphatic carbocycles. The number of nitrogens with one attached hydrogen (secondary N) is 1. The summed E-state index contributed by atoms with van der Waals surface area (Å²) >= 11 is 0. The van der Waals surface area contributed by atoms with Crippen molar-refractivity contribution in [1.29, 1.82) is 0 Å². The van der Waals surface area contributed by atoms with Crippen molar-refractivity contribution in [2.45, 2.75) is 33.3 Å². The molecule has 8 nitrogen and oxygen atoms in total. The standard InChI is InChI=1S/C18H21N7O/c1-4-14-11(2)24-25-16(19)15(20-3)17(23-18(14)25)21-9-8-12-6-5-7-13(10-26)22-12/h5-7,26H,4,8-10,19H2,1-2H3,(H,21,23). The van der Waals surface area contributed by atoms with E-state index in [0.717, 1.165) is 23.4 Å². The van der Waals surface area contributed by atoms with Gasteiger partial charge in [0, 0.05) is 24.2 Å². The number of aromatic nitrogens is 4. The molecule has 0 atom stereocenters. The largest absolute Gasteiger partial charge is 0.392 e. The van der Waals surface area contributed by atoms with Gasteiger partial charge in [-0.2, -0.15) is 5.10 Å². The Labute approximate surface area is 151 Å². The van der Waals surface area contributed by atoms with Crippen LogP contribution in [0.15, 0.2) is 18.2 Å². The summed E-state index contributed by atoms with van der Waals surface area (Å²) in [6.07, 6.45) is 1.42. The minimum atomic E-state index is -0.0851. The maximum absolute atomic E-state index is 9.17. The van der Waals surface area contributed by atoms with Gasteiger partial charge in [-0.05, 0) is 25.5 Å². The van der Waals surface area contributed by atoms with Gasteiger partial charge in [0.05, 0.1) is 24.6 Å². The number of nitrogens with two attached hydrogens (primary N) is 1. The SMILES string of the molecule is [C-]#[N+]c1c(NCCc2cccc(CO)n2)nc2c(CC)c(C)nn2c1N. The second-order valence-corrected chi connectivity index (χ2v) is 5.91. The predicted octanol–water partition coefficient (Wildman–Crippen LogP) is 2.28. The second kappa shape index (κ2) is 7.37. The van der Waals surface area contributed by atoms with Gasteiger partial charge in [-0.25, -0.2) is 14.3 Å². The first kappa shape index (κ1) is 17.6. The number of rotatable bonds is 6. The van der Waals surface area contributed by atoms with Crippen molar-refractivity contribution in [2.24, 2.45) is 0 Å². The Bertz CT molecular complexity index is 987. The predicted molar refractivity (Wildman–Crippen MR) is 100 cm³/mol. The molecule has 0 aliphatic rings. The quantitative estimate of drug-likeness (QED) is 0.588. The molecule has 3 heterocycles. The maximum Gasteiger partial charge on any atom is 0.268 e. The summed E-state index contributed by atoms with van der Waals surface area (Å²) < 4.78 is 1.54. The van der Waals surface area contributed by atoms with Crippen LogP contribution in [-0.2, 0) is 19.4 Å². The molecule has 0 saturated carbocycles. The van der Waals surface area contributed by atoms with Gasteiger partial charge in [0.2, 0.25) is 0 Å². The van der Waals surface area contributed by atoms with Gasteiger partial charge in [0.25, 0.3) is 5.69 Å². The first-order valence-electron chi connectivity index (χ1n) is 8.43. The van der Waals surface area contributed by atoms with E-state index in [0.29, 0.717) is 30.1 Å². The van der Waals surface area contributed by atoms with Crippen molar-refractivity contribution >= 4 is 23.0 Å². The second-order valence-electron chi connectivity index (χ2n) is 5.91. The first-order chi connectivity index (χ1) is 12.6. The normalized spacial score (nSPS) is 10.8. The number of anilines is 2. The van der Waals surface area contributed by atoms with Crippen molar-refractivity contribution in [3.8, 4) is 0 Å². The van der Waals surface area contributed by atoms with Crippen molar-refractivity contribution < 1.29 is 5.11 Å². The molecular weight excluding hydrogens is 330 g/mol. The molecule has 0 unspecified atom stereocenters. The minimum absolute atomic E-state index is 0.0851. The summed E-state index contributed by atoms with van der Waals surface area (Å²) in [4.78, 5) is 12.5. The number of fused-ring (bicyclic) bond motifs is 1. The fraction of sp³-hybridized carbons (Fsp3) is 0.333. The smallest absolute Gasteiger partial charge is 0.268 e. The molecule has 0 aliphatic heterocycles. The Morgan fingerprint density at radius 3 is 2.77 bits per heavy atom. The molecule has 26 heavy (non-hydrogen) atoms. The zero-order valence-electron chi connectivity index (χ0n) is 14.8. The van der Waals surface area contributed by atoms with Crippen LogP contribution in [0.2, 0.25) is 0 Å². The van der Waals surface area contributed by atoms with E-state index in [9.17, 15) is 5.11 Å². The number of hydrogen-bond acceptors (Lipinski definition) is 6. The molecule has 4 N–H and O–H groups in total. The molecule has 3 rings (SSSR count).